The van der Waals surface area contributed by atoms with Crippen LogP contribution < -0.4 is 15.4 Å². The van der Waals surface area contributed by atoms with Crippen LogP contribution in [-0.2, 0) is 26.9 Å². The lowest BCUT2D eigenvalue weighted by molar-refractivity contribution is -0.132. The third-order valence-corrected chi connectivity index (χ3v) is 5.11. The van der Waals surface area contributed by atoms with Gasteiger partial charge in [0.05, 0.1) is 6.26 Å². The van der Waals surface area contributed by atoms with Crippen molar-refractivity contribution < 1.29 is 13.2 Å². The molecule has 1 aromatic carbocycles. The molecular weight excluding hydrogens is 354 g/mol. The highest BCUT2D eigenvalue weighted by Crippen LogP contribution is 2.27. The lowest BCUT2D eigenvalue weighted by atomic mass is 9.87. The van der Waals surface area contributed by atoms with Gasteiger partial charge in [0.25, 0.3) is 0 Å². The number of anilines is 1. The number of carbonyl (C=O) groups excluding carboxylic acids is 1. The molecule has 3 N–H and O–H groups in total. The summed E-state index contributed by atoms with van der Waals surface area (Å²) in [5.74, 6) is -0.0546. The molecule has 0 bridgehead atoms. The molecule has 9 heteroatoms. The van der Waals surface area contributed by atoms with Crippen LogP contribution in [0.15, 0.2) is 42.7 Å². The van der Waals surface area contributed by atoms with E-state index in [9.17, 15) is 13.2 Å². The molecule has 1 aliphatic rings. The summed E-state index contributed by atoms with van der Waals surface area (Å²) < 4.78 is 26.7. The summed E-state index contributed by atoms with van der Waals surface area (Å²) in [5, 5.41) is 10.6. The van der Waals surface area contributed by atoms with Crippen molar-refractivity contribution in [1.29, 1.82) is 0 Å². The molecule has 1 fully saturated rings. The summed E-state index contributed by atoms with van der Waals surface area (Å²) in [6.07, 6.45) is 5.98. The van der Waals surface area contributed by atoms with Crippen LogP contribution in [0, 0.1) is 0 Å². The number of hydrogen-bond acceptors (Lipinski definition) is 5. The van der Waals surface area contributed by atoms with Crippen LogP contribution in [0.25, 0.3) is 0 Å². The monoisotopic (exact) mass is 377 g/mol. The molecule has 0 spiro atoms. The van der Waals surface area contributed by atoms with Gasteiger partial charge in [-0.15, -0.1) is 0 Å². The largest absolute Gasteiger partial charge is 0.350 e. The van der Waals surface area contributed by atoms with Crippen molar-refractivity contribution in [2.75, 3.05) is 24.1 Å². The third-order valence-electron chi connectivity index (χ3n) is 4.51. The molecule has 140 valence electrons. The van der Waals surface area contributed by atoms with Crippen LogP contribution in [0.2, 0.25) is 0 Å². The van der Waals surface area contributed by atoms with Crippen molar-refractivity contribution in [3.05, 3.63) is 48.3 Å². The smallest absolute Gasteiger partial charge is 0.248 e. The molecule has 3 rings (SSSR count). The zero-order chi connectivity index (χ0) is 18.6. The third kappa shape index (κ3) is 4.23. The number of sulfonamides is 1. The molecule has 0 aliphatic carbocycles. The first-order valence-electron chi connectivity index (χ1n) is 8.45. The molecule has 26 heavy (non-hydrogen) atoms. The van der Waals surface area contributed by atoms with Crippen LogP contribution in [0.3, 0.4) is 0 Å². The maximum absolute atomic E-state index is 13.0. The van der Waals surface area contributed by atoms with Crippen LogP contribution in [0.1, 0.15) is 18.4 Å². The van der Waals surface area contributed by atoms with Gasteiger partial charge < -0.3 is 10.6 Å². The number of rotatable bonds is 6. The lowest BCUT2D eigenvalue weighted by Gasteiger charge is -2.36. The molecular formula is C17H23N5O3S. The van der Waals surface area contributed by atoms with Crippen LogP contribution in [-0.4, -0.2) is 43.5 Å². The van der Waals surface area contributed by atoms with Gasteiger partial charge in [-0.3, -0.25) is 14.2 Å². The Bertz CT molecular complexity index is 841. The molecule has 8 nitrogen and oxygen atoms in total. The maximum atomic E-state index is 13.0. The van der Waals surface area contributed by atoms with Crippen molar-refractivity contribution in [2.24, 2.45) is 0 Å². The normalized spacial score (nSPS) is 16.8. The molecule has 0 saturated carbocycles. The van der Waals surface area contributed by atoms with Crippen molar-refractivity contribution in [1.82, 2.24) is 20.4 Å². The molecule has 0 unspecified atom stereocenters. The number of aromatic nitrogens is 2. The number of carbonyl (C=O) groups is 1. The minimum atomic E-state index is -3.30. The molecule has 0 radical (unpaired) electrons. The second-order valence-electron chi connectivity index (χ2n) is 6.49. The second-order valence-corrected chi connectivity index (χ2v) is 8.23. The zero-order valence-electron chi connectivity index (χ0n) is 14.6. The van der Waals surface area contributed by atoms with E-state index in [4.69, 9.17) is 0 Å². The summed E-state index contributed by atoms with van der Waals surface area (Å²) >= 11 is 0. The van der Waals surface area contributed by atoms with E-state index in [2.05, 4.69) is 20.5 Å². The molecule has 1 saturated heterocycles. The molecule has 2 heterocycles. The minimum Gasteiger partial charge on any atom is -0.350 e. The fourth-order valence-electron chi connectivity index (χ4n) is 3.17. The van der Waals surface area contributed by atoms with Gasteiger partial charge in [0.2, 0.25) is 15.9 Å². The fourth-order valence-corrected chi connectivity index (χ4v) is 3.74. The average Bonchev–Trinajstić information content (AvgIpc) is 3.15. The highest BCUT2D eigenvalue weighted by atomic mass is 32.2. The average molecular weight is 377 g/mol. The SMILES string of the molecule is CS(=O)(=O)Nc1ccc(CNC(=O)C2(n3cccn3)CCNCC2)cc1. The fraction of sp³-hybridized carbons (Fsp3) is 0.412. The highest BCUT2D eigenvalue weighted by molar-refractivity contribution is 7.92. The Labute approximate surface area is 153 Å². The molecule has 0 atom stereocenters. The quantitative estimate of drug-likeness (QED) is 0.686. The van der Waals surface area contributed by atoms with Gasteiger partial charge in [0.1, 0.15) is 5.54 Å². The zero-order valence-corrected chi connectivity index (χ0v) is 15.4. The first-order chi connectivity index (χ1) is 12.4. The first-order valence-corrected chi connectivity index (χ1v) is 10.3. The first kappa shape index (κ1) is 18.4. The van der Waals surface area contributed by atoms with E-state index in [1.54, 1.807) is 35.1 Å². The van der Waals surface area contributed by atoms with Crippen LogP contribution in [0.4, 0.5) is 5.69 Å². The number of benzene rings is 1. The van der Waals surface area contributed by atoms with E-state index in [-0.39, 0.29) is 5.91 Å². The lowest BCUT2D eigenvalue weighted by Crippen LogP contribution is -2.54. The molecule has 1 aliphatic heterocycles. The molecule has 2 aromatic rings. The van der Waals surface area contributed by atoms with Gasteiger partial charge in [0.15, 0.2) is 0 Å². The van der Waals surface area contributed by atoms with Crippen molar-refractivity contribution in [3.63, 3.8) is 0 Å². The Balaban J connectivity index is 1.67. The summed E-state index contributed by atoms with van der Waals surface area (Å²) in [7, 11) is -3.30. The van der Waals surface area contributed by atoms with E-state index in [1.807, 2.05) is 12.3 Å². The van der Waals surface area contributed by atoms with E-state index in [0.29, 0.717) is 25.1 Å². The van der Waals surface area contributed by atoms with E-state index in [0.717, 1.165) is 24.9 Å². The van der Waals surface area contributed by atoms with E-state index >= 15 is 0 Å². The minimum absolute atomic E-state index is 0.0546. The van der Waals surface area contributed by atoms with E-state index in [1.165, 1.54) is 0 Å². The number of nitrogens with zero attached hydrogens (tertiary/aromatic N) is 2. The van der Waals surface area contributed by atoms with Gasteiger partial charge in [-0.05, 0) is 49.7 Å². The van der Waals surface area contributed by atoms with E-state index < -0.39 is 15.6 Å². The Hall–Kier alpha value is -2.39. The van der Waals surface area contributed by atoms with Crippen molar-refractivity contribution in [2.45, 2.75) is 24.9 Å². The van der Waals surface area contributed by atoms with Gasteiger partial charge in [-0.25, -0.2) is 8.42 Å². The second kappa shape index (κ2) is 7.46. The highest BCUT2D eigenvalue weighted by Gasteiger charge is 2.41. The summed E-state index contributed by atoms with van der Waals surface area (Å²) in [6, 6.07) is 8.75. The maximum Gasteiger partial charge on any atom is 0.248 e. The molecule has 1 aromatic heterocycles. The van der Waals surface area contributed by atoms with Gasteiger partial charge in [-0.2, -0.15) is 5.10 Å². The Kier molecular flexibility index (Phi) is 5.28. The van der Waals surface area contributed by atoms with Gasteiger partial charge in [-0.1, -0.05) is 12.1 Å². The van der Waals surface area contributed by atoms with Crippen LogP contribution in [0.5, 0.6) is 0 Å². The number of nitrogens with one attached hydrogen (secondary N) is 3. The van der Waals surface area contributed by atoms with Crippen molar-refractivity contribution in [3.8, 4) is 0 Å². The summed E-state index contributed by atoms with van der Waals surface area (Å²) in [5.41, 5.74) is 0.711. The summed E-state index contributed by atoms with van der Waals surface area (Å²) in [4.78, 5) is 13.0. The number of amides is 1. The topological polar surface area (TPSA) is 105 Å². The predicted molar refractivity (Wildman–Crippen MR) is 99.1 cm³/mol. The van der Waals surface area contributed by atoms with Gasteiger partial charge in [0, 0.05) is 24.6 Å². The van der Waals surface area contributed by atoms with Gasteiger partial charge >= 0.3 is 0 Å². The standard InChI is InChI=1S/C17H23N5O3S/c1-26(24,25)21-15-5-3-14(4-6-15)13-19-16(23)17(7-10-18-11-8-17)22-12-2-9-20-22/h2-6,9,12,18,21H,7-8,10-11,13H2,1H3,(H,19,23). The van der Waals surface area contributed by atoms with Crippen LogP contribution >= 0.6 is 0 Å². The molecule has 1 amide bonds. The Morgan fingerprint density at radius 3 is 2.54 bits per heavy atom. The number of piperidine rings is 1. The summed E-state index contributed by atoms with van der Waals surface area (Å²) in [6.45, 7) is 1.90. The Morgan fingerprint density at radius 2 is 1.96 bits per heavy atom. The Morgan fingerprint density at radius 1 is 1.27 bits per heavy atom. The van der Waals surface area contributed by atoms with Crippen molar-refractivity contribution >= 4 is 21.6 Å². The predicted octanol–water partition coefficient (Wildman–Crippen LogP) is 0.650. The number of hydrogen-bond donors (Lipinski definition) is 3.